The number of ketones is 1. The molecule has 1 aliphatic carbocycles. The molecule has 1 saturated heterocycles. The van der Waals surface area contributed by atoms with Gasteiger partial charge in [-0.3, -0.25) is 4.79 Å². The highest BCUT2D eigenvalue weighted by atomic mass is 16.5. The number of rotatable bonds is 3. The Kier molecular flexibility index (Phi) is 4.52. The van der Waals surface area contributed by atoms with Crippen LogP contribution in [0.1, 0.15) is 35.3 Å². The first-order chi connectivity index (χ1) is 16.0. The molecule has 2 aliphatic rings. The second-order valence-corrected chi connectivity index (χ2v) is 9.03. The number of ether oxygens (including phenoxy) is 1. The van der Waals surface area contributed by atoms with Crippen LogP contribution in [-0.4, -0.2) is 36.2 Å². The Morgan fingerprint density at radius 3 is 2.42 bits per heavy atom. The zero-order valence-electron chi connectivity index (χ0n) is 18.9. The van der Waals surface area contributed by atoms with E-state index in [-0.39, 0.29) is 18.0 Å². The smallest absolute Gasteiger partial charge is 0.196 e. The maximum Gasteiger partial charge on any atom is 0.196 e. The van der Waals surface area contributed by atoms with E-state index in [0.717, 1.165) is 52.2 Å². The topological polar surface area (TPSA) is 67.6 Å². The molecule has 3 aromatic carbocycles. The third kappa shape index (κ3) is 3.13. The van der Waals surface area contributed by atoms with E-state index >= 15 is 0 Å². The number of carbonyl (C=O) groups is 1. The fourth-order valence-corrected chi connectivity index (χ4v) is 5.11. The fraction of sp³-hybridized carbons (Fsp3) is 0.259. The summed E-state index contributed by atoms with van der Waals surface area (Å²) in [6.45, 7) is 7.71. The van der Waals surface area contributed by atoms with E-state index in [9.17, 15) is 4.79 Å². The van der Waals surface area contributed by atoms with Gasteiger partial charge in [-0.1, -0.05) is 47.6 Å². The van der Waals surface area contributed by atoms with Crippen LogP contribution in [0, 0.1) is 6.92 Å². The Morgan fingerprint density at radius 1 is 0.970 bits per heavy atom. The minimum absolute atomic E-state index is 0.0161. The molecule has 6 nitrogen and oxygen atoms in total. The fourth-order valence-electron chi connectivity index (χ4n) is 5.11. The molecule has 1 fully saturated rings. The lowest BCUT2D eigenvalue weighted by Gasteiger charge is -2.37. The number of anilines is 3. The van der Waals surface area contributed by atoms with Crippen molar-refractivity contribution in [2.24, 2.45) is 0 Å². The summed E-state index contributed by atoms with van der Waals surface area (Å²) in [6, 6.07) is 17.7. The number of nitrogens with one attached hydrogen (secondary N) is 1. The second-order valence-electron chi connectivity index (χ2n) is 9.03. The standard InChI is InChI=1S/C27H25N3O3/c1-15-8-4-7-11-20(15)28-21-12-22(30-13-16(2)32-17(3)14-30)25-24-23(21)26(31)18-9-5-6-10-19(18)27(24)33-29-25/h4-12,16-17,28H,13-14H2,1-3H3. The highest BCUT2D eigenvalue weighted by Crippen LogP contribution is 2.46. The molecular weight excluding hydrogens is 414 g/mol. The maximum atomic E-state index is 13.7. The van der Waals surface area contributed by atoms with Crippen LogP contribution in [0.3, 0.4) is 0 Å². The van der Waals surface area contributed by atoms with Crippen LogP contribution in [0.25, 0.3) is 22.2 Å². The van der Waals surface area contributed by atoms with E-state index in [1.54, 1.807) is 0 Å². The molecule has 0 spiro atoms. The molecule has 166 valence electrons. The van der Waals surface area contributed by atoms with Crippen LogP contribution in [-0.2, 0) is 4.74 Å². The number of fused-ring (bicyclic) bond motifs is 2. The van der Waals surface area contributed by atoms with Crippen LogP contribution in [0.2, 0.25) is 0 Å². The van der Waals surface area contributed by atoms with E-state index < -0.39 is 0 Å². The van der Waals surface area contributed by atoms with E-state index in [1.807, 2.05) is 48.5 Å². The molecule has 0 bridgehead atoms. The summed E-state index contributed by atoms with van der Waals surface area (Å²) in [5.41, 5.74) is 6.55. The highest BCUT2D eigenvalue weighted by molar-refractivity contribution is 6.28. The molecule has 1 aliphatic heterocycles. The molecule has 0 amide bonds. The van der Waals surface area contributed by atoms with Crippen molar-refractivity contribution in [3.8, 4) is 11.3 Å². The monoisotopic (exact) mass is 439 g/mol. The van der Waals surface area contributed by atoms with Crippen molar-refractivity contribution in [2.75, 3.05) is 23.3 Å². The summed E-state index contributed by atoms with van der Waals surface area (Å²) in [5.74, 6) is 0.636. The minimum Gasteiger partial charge on any atom is -0.372 e. The number of aryl methyl sites for hydroxylation is 1. The summed E-state index contributed by atoms with van der Waals surface area (Å²) in [4.78, 5) is 16.0. The molecule has 2 atom stereocenters. The average Bonchev–Trinajstić information content (AvgIpc) is 3.24. The van der Waals surface area contributed by atoms with Gasteiger partial charge in [0.05, 0.1) is 34.5 Å². The number of carbonyl (C=O) groups excluding carboxylic acids is 1. The molecule has 6 rings (SSSR count). The number of aromatic nitrogens is 1. The Balaban J connectivity index is 1.62. The van der Waals surface area contributed by atoms with E-state index in [0.29, 0.717) is 16.9 Å². The van der Waals surface area contributed by atoms with Crippen molar-refractivity contribution in [1.82, 2.24) is 5.16 Å². The summed E-state index contributed by atoms with van der Waals surface area (Å²) in [5, 5.41) is 8.80. The first kappa shape index (κ1) is 20.0. The minimum atomic E-state index is -0.0161. The van der Waals surface area contributed by atoms with Gasteiger partial charge < -0.3 is 19.5 Å². The number of hydrogen-bond donors (Lipinski definition) is 1. The van der Waals surface area contributed by atoms with Gasteiger partial charge in [-0.2, -0.15) is 0 Å². The first-order valence-electron chi connectivity index (χ1n) is 11.3. The number of para-hydroxylation sites is 1. The van der Waals surface area contributed by atoms with Gasteiger partial charge in [0, 0.05) is 29.9 Å². The van der Waals surface area contributed by atoms with Gasteiger partial charge in [-0.15, -0.1) is 0 Å². The largest absolute Gasteiger partial charge is 0.372 e. The summed E-state index contributed by atoms with van der Waals surface area (Å²) in [7, 11) is 0. The summed E-state index contributed by atoms with van der Waals surface area (Å²) < 4.78 is 11.9. The van der Waals surface area contributed by atoms with E-state index in [2.05, 4.69) is 42.2 Å². The number of nitrogens with zero attached hydrogens (tertiary/aromatic N) is 2. The van der Waals surface area contributed by atoms with Crippen LogP contribution < -0.4 is 10.2 Å². The molecule has 4 aromatic rings. The van der Waals surface area contributed by atoms with Crippen LogP contribution in [0.4, 0.5) is 17.1 Å². The average molecular weight is 440 g/mol. The normalized spacial score (nSPS) is 19.6. The lowest BCUT2D eigenvalue weighted by molar-refractivity contribution is -0.00515. The lowest BCUT2D eigenvalue weighted by atomic mass is 9.86. The number of hydrogen-bond acceptors (Lipinski definition) is 6. The van der Waals surface area contributed by atoms with Crippen molar-refractivity contribution in [1.29, 1.82) is 0 Å². The van der Waals surface area contributed by atoms with Crippen molar-refractivity contribution in [3.05, 3.63) is 71.3 Å². The molecule has 1 N–H and O–H groups in total. The Bertz CT molecular complexity index is 1400. The van der Waals surface area contributed by atoms with Crippen molar-refractivity contribution in [3.63, 3.8) is 0 Å². The Hall–Kier alpha value is -3.64. The lowest BCUT2D eigenvalue weighted by Crippen LogP contribution is -2.45. The predicted molar refractivity (Wildman–Crippen MR) is 130 cm³/mol. The molecular formula is C27H25N3O3. The third-order valence-electron chi connectivity index (χ3n) is 6.55. The zero-order valence-corrected chi connectivity index (χ0v) is 18.9. The van der Waals surface area contributed by atoms with Gasteiger partial charge >= 0.3 is 0 Å². The molecule has 2 heterocycles. The van der Waals surface area contributed by atoms with Gasteiger partial charge in [0.2, 0.25) is 0 Å². The van der Waals surface area contributed by atoms with Crippen LogP contribution >= 0.6 is 0 Å². The number of benzene rings is 3. The summed E-state index contributed by atoms with van der Waals surface area (Å²) in [6.07, 6.45) is 0.191. The maximum absolute atomic E-state index is 13.7. The molecule has 2 unspecified atom stereocenters. The third-order valence-corrected chi connectivity index (χ3v) is 6.55. The molecule has 0 saturated carbocycles. The SMILES string of the molecule is Cc1ccccc1Nc1cc(N2CC(C)OC(C)C2)c2noc3c2c1C(=O)c1ccccc1-3. The Labute approximate surface area is 192 Å². The van der Waals surface area contributed by atoms with E-state index in [1.165, 1.54) is 0 Å². The van der Waals surface area contributed by atoms with Gasteiger partial charge in [0.1, 0.15) is 5.52 Å². The Morgan fingerprint density at radius 2 is 1.67 bits per heavy atom. The van der Waals surface area contributed by atoms with Gasteiger partial charge in [0.15, 0.2) is 11.5 Å². The van der Waals surface area contributed by atoms with Crippen molar-refractivity contribution < 1.29 is 14.1 Å². The van der Waals surface area contributed by atoms with Crippen molar-refractivity contribution in [2.45, 2.75) is 33.0 Å². The molecule has 33 heavy (non-hydrogen) atoms. The van der Waals surface area contributed by atoms with Crippen molar-refractivity contribution >= 4 is 33.7 Å². The second kappa shape index (κ2) is 7.46. The van der Waals surface area contributed by atoms with E-state index in [4.69, 9.17) is 9.26 Å². The molecule has 0 radical (unpaired) electrons. The van der Waals surface area contributed by atoms with Gasteiger partial charge in [-0.25, -0.2) is 0 Å². The van der Waals surface area contributed by atoms with Gasteiger partial charge in [0.25, 0.3) is 0 Å². The molecule has 6 heteroatoms. The van der Waals surface area contributed by atoms with Gasteiger partial charge in [-0.05, 0) is 38.5 Å². The number of morpholine rings is 1. The zero-order chi connectivity index (χ0) is 22.7. The quantitative estimate of drug-likeness (QED) is 0.389. The predicted octanol–water partition coefficient (Wildman–Crippen LogP) is 5.70. The molecule has 1 aromatic heterocycles. The highest BCUT2D eigenvalue weighted by Gasteiger charge is 2.35. The van der Waals surface area contributed by atoms with Crippen LogP contribution in [0.5, 0.6) is 0 Å². The first-order valence-corrected chi connectivity index (χ1v) is 11.3. The van der Waals surface area contributed by atoms with Crippen LogP contribution in [0.15, 0.2) is 59.1 Å². The summed E-state index contributed by atoms with van der Waals surface area (Å²) >= 11 is 0.